The summed E-state index contributed by atoms with van der Waals surface area (Å²) in [7, 11) is 1.69. The van der Waals surface area contributed by atoms with Crippen LogP contribution in [0.2, 0.25) is 0 Å². The molecule has 2 aromatic rings. The standard InChI is InChI=1S/C13H15N3O2/c1-16-9-7-14-12(13(16)17)15-8-10-18-11-5-3-2-4-6-11/h2-7,9H,8,10H2,1H3,(H,14,15). The van der Waals surface area contributed by atoms with Gasteiger partial charge in [-0.2, -0.15) is 0 Å². The lowest BCUT2D eigenvalue weighted by molar-refractivity contribution is 0.332. The van der Waals surface area contributed by atoms with Crippen LogP contribution in [0.15, 0.2) is 47.5 Å². The van der Waals surface area contributed by atoms with Gasteiger partial charge < -0.3 is 14.6 Å². The molecule has 0 atom stereocenters. The molecule has 0 radical (unpaired) electrons. The number of benzene rings is 1. The van der Waals surface area contributed by atoms with Crippen molar-refractivity contribution in [1.29, 1.82) is 0 Å². The number of aromatic nitrogens is 2. The molecule has 2 rings (SSSR count). The molecule has 1 aromatic heterocycles. The first-order valence-electron chi connectivity index (χ1n) is 5.71. The molecule has 0 aliphatic heterocycles. The first-order chi connectivity index (χ1) is 8.77. The number of hydrogen-bond donors (Lipinski definition) is 1. The van der Waals surface area contributed by atoms with Crippen molar-refractivity contribution in [2.45, 2.75) is 0 Å². The second-order valence-electron chi connectivity index (χ2n) is 3.78. The number of nitrogens with one attached hydrogen (secondary N) is 1. The third kappa shape index (κ3) is 3.10. The van der Waals surface area contributed by atoms with Crippen molar-refractivity contribution in [3.8, 4) is 5.75 Å². The monoisotopic (exact) mass is 245 g/mol. The van der Waals surface area contributed by atoms with Crippen LogP contribution in [0.1, 0.15) is 0 Å². The maximum atomic E-state index is 11.6. The van der Waals surface area contributed by atoms with Crippen molar-refractivity contribution >= 4 is 5.82 Å². The normalized spacial score (nSPS) is 10.1. The molecule has 1 heterocycles. The molecule has 0 aliphatic carbocycles. The van der Waals surface area contributed by atoms with Gasteiger partial charge in [0.05, 0.1) is 6.54 Å². The number of aryl methyl sites for hydroxylation is 1. The first kappa shape index (κ1) is 12.2. The largest absolute Gasteiger partial charge is 0.492 e. The van der Waals surface area contributed by atoms with Crippen LogP contribution in [0.25, 0.3) is 0 Å². The summed E-state index contributed by atoms with van der Waals surface area (Å²) in [6, 6.07) is 9.54. The average Bonchev–Trinajstić information content (AvgIpc) is 2.40. The van der Waals surface area contributed by atoms with Crippen molar-refractivity contribution < 1.29 is 4.74 Å². The highest BCUT2D eigenvalue weighted by atomic mass is 16.5. The molecule has 0 spiro atoms. The van der Waals surface area contributed by atoms with Gasteiger partial charge in [0.15, 0.2) is 5.82 Å². The number of rotatable bonds is 5. The molecular formula is C13H15N3O2. The van der Waals surface area contributed by atoms with E-state index in [1.54, 1.807) is 19.4 Å². The molecule has 5 nitrogen and oxygen atoms in total. The predicted octanol–water partition coefficient (Wildman–Crippen LogP) is 1.27. The zero-order valence-corrected chi connectivity index (χ0v) is 10.2. The Hall–Kier alpha value is -2.30. The summed E-state index contributed by atoms with van der Waals surface area (Å²) in [6.07, 6.45) is 3.20. The van der Waals surface area contributed by atoms with Crippen molar-refractivity contribution in [2.24, 2.45) is 7.05 Å². The van der Waals surface area contributed by atoms with Gasteiger partial charge in [0.2, 0.25) is 0 Å². The topological polar surface area (TPSA) is 56.1 Å². The van der Waals surface area contributed by atoms with Gasteiger partial charge in [-0.05, 0) is 12.1 Å². The lowest BCUT2D eigenvalue weighted by Gasteiger charge is -2.07. The number of anilines is 1. The van der Waals surface area contributed by atoms with Crippen LogP contribution in [0.4, 0.5) is 5.82 Å². The van der Waals surface area contributed by atoms with Gasteiger partial charge in [-0.15, -0.1) is 0 Å². The molecule has 1 N–H and O–H groups in total. The highest BCUT2D eigenvalue weighted by Gasteiger charge is 2.00. The fourth-order valence-electron chi connectivity index (χ4n) is 1.47. The van der Waals surface area contributed by atoms with Crippen LogP contribution in [-0.4, -0.2) is 22.7 Å². The van der Waals surface area contributed by atoms with Crippen LogP contribution in [-0.2, 0) is 7.05 Å². The minimum atomic E-state index is -0.141. The lowest BCUT2D eigenvalue weighted by atomic mass is 10.3. The van der Waals surface area contributed by atoms with E-state index in [9.17, 15) is 4.79 Å². The highest BCUT2D eigenvalue weighted by molar-refractivity contribution is 5.30. The summed E-state index contributed by atoms with van der Waals surface area (Å²) >= 11 is 0. The third-order valence-corrected chi connectivity index (χ3v) is 2.42. The molecule has 0 unspecified atom stereocenters. The molecule has 0 bridgehead atoms. The first-order valence-corrected chi connectivity index (χ1v) is 5.71. The zero-order valence-electron chi connectivity index (χ0n) is 10.2. The van der Waals surface area contributed by atoms with E-state index >= 15 is 0 Å². The van der Waals surface area contributed by atoms with E-state index < -0.39 is 0 Å². The predicted molar refractivity (Wildman–Crippen MR) is 69.9 cm³/mol. The summed E-state index contributed by atoms with van der Waals surface area (Å²) in [4.78, 5) is 15.6. The lowest BCUT2D eigenvalue weighted by Crippen LogP contribution is -2.24. The summed E-state index contributed by atoms with van der Waals surface area (Å²) in [6.45, 7) is 1.00. The summed E-state index contributed by atoms with van der Waals surface area (Å²) in [5.74, 6) is 1.16. The Morgan fingerprint density at radius 2 is 2.11 bits per heavy atom. The number of ether oxygens (including phenoxy) is 1. The molecule has 94 valence electrons. The molecule has 18 heavy (non-hydrogen) atoms. The Morgan fingerprint density at radius 1 is 1.33 bits per heavy atom. The molecule has 0 amide bonds. The second-order valence-corrected chi connectivity index (χ2v) is 3.78. The maximum absolute atomic E-state index is 11.6. The smallest absolute Gasteiger partial charge is 0.293 e. The van der Waals surface area contributed by atoms with E-state index in [1.165, 1.54) is 4.57 Å². The number of hydrogen-bond acceptors (Lipinski definition) is 4. The van der Waals surface area contributed by atoms with Crippen LogP contribution >= 0.6 is 0 Å². The van der Waals surface area contributed by atoms with Gasteiger partial charge in [0.1, 0.15) is 12.4 Å². The van der Waals surface area contributed by atoms with Gasteiger partial charge in [0, 0.05) is 19.4 Å². The summed E-state index contributed by atoms with van der Waals surface area (Å²) in [5, 5.41) is 2.95. The Bertz CT molecular complexity index is 552. The Morgan fingerprint density at radius 3 is 2.89 bits per heavy atom. The molecule has 5 heteroatoms. The van der Waals surface area contributed by atoms with Crippen LogP contribution < -0.4 is 15.6 Å². The minimum Gasteiger partial charge on any atom is -0.492 e. The molecular weight excluding hydrogens is 230 g/mol. The molecule has 1 aromatic carbocycles. The van der Waals surface area contributed by atoms with Crippen molar-refractivity contribution in [2.75, 3.05) is 18.5 Å². The Kier molecular flexibility index (Phi) is 3.96. The van der Waals surface area contributed by atoms with E-state index in [0.717, 1.165) is 5.75 Å². The Balaban J connectivity index is 1.82. The number of para-hydroxylation sites is 1. The highest BCUT2D eigenvalue weighted by Crippen LogP contribution is 2.07. The third-order valence-electron chi connectivity index (χ3n) is 2.42. The van der Waals surface area contributed by atoms with Gasteiger partial charge in [0.25, 0.3) is 5.56 Å². The molecule has 0 saturated carbocycles. The summed E-state index contributed by atoms with van der Waals surface area (Å²) < 4.78 is 6.98. The minimum absolute atomic E-state index is 0.141. The fraction of sp³-hybridized carbons (Fsp3) is 0.231. The Labute approximate surface area is 105 Å². The van der Waals surface area contributed by atoms with Crippen LogP contribution in [0, 0.1) is 0 Å². The molecule has 0 saturated heterocycles. The molecule has 0 aliphatic rings. The zero-order chi connectivity index (χ0) is 12.8. The SMILES string of the molecule is Cn1ccnc(NCCOc2ccccc2)c1=O. The van der Waals surface area contributed by atoms with Crippen LogP contribution in [0.3, 0.4) is 0 Å². The van der Waals surface area contributed by atoms with Gasteiger partial charge >= 0.3 is 0 Å². The van der Waals surface area contributed by atoms with E-state index in [0.29, 0.717) is 19.0 Å². The van der Waals surface area contributed by atoms with Crippen molar-refractivity contribution in [1.82, 2.24) is 9.55 Å². The van der Waals surface area contributed by atoms with E-state index in [2.05, 4.69) is 10.3 Å². The quantitative estimate of drug-likeness (QED) is 0.806. The van der Waals surface area contributed by atoms with Crippen molar-refractivity contribution in [3.05, 3.63) is 53.1 Å². The van der Waals surface area contributed by atoms with Crippen LogP contribution in [0.5, 0.6) is 5.75 Å². The van der Waals surface area contributed by atoms with Gasteiger partial charge in [-0.25, -0.2) is 4.98 Å². The van der Waals surface area contributed by atoms with Crippen molar-refractivity contribution in [3.63, 3.8) is 0 Å². The van der Waals surface area contributed by atoms with Gasteiger partial charge in [-0.1, -0.05) is 18.2 Å². The van der Waals surface area contributed by atoms with E-state index in [4.69, 9.17) is 4.74 Å². The van der Waals surface area contributed by atoms with Gasteiger partial charge in [-0.3, -0.25) is 4.79 Å². The number of nitrogens with zero attached hydrogens (tertiary/aromatic N) is 2. The average molecular weight is 245 g/mol. The summed E-state index contributed by atoms with van der Waals surface area (Å²) in [5.41, 5.74) is -0.141. The maximum Gasteiger partial charge on any atom is 0.293 e. The second kappa shape index (κ2) is 5.86. The fourth-order valence-corrected chi connectivity index (χ4v) is 1.47. The van der Waals surface area contributed by atoms with E-state index in [-0.39, 0.29) is 5.56 Å². The van der Waals surface area contributed by atoms with E-state index in [1.807, 2.05) is 30.3 Å². The molecule has 0 fully saturated rings.